The normalized spacial score (nSPS) is 16.5. The highest BCUT2D eigenvalue weighted by atomic mass is 32.2. The molecule has 0 bridgehead atoms. The highest BCUT2D eigenvalue weighted by Crippen LogP contribution is 2.47. The third-order valence-electron chi connectivity index (χ3n) is 5.14. The minimum atomic E-state index is 0.376. The molecule has 1 N–H and O–H groups in total. The van der Waals surface area contributed by atoms with Crippen molar-refractivity contribution < 1.29 is 4.42 Å². The Morgan fingerprint density at radius 2 is 1.68 bits per heavy atom. The van der Waals surface area contributed by atoms with Crippen molar-refractivity contribution in [1.29, 1.82) is 0 Å². The van der Waals surface area contributed by atoms with Crippen LogP contribution in [-0.2, 0) is 0 Å². The van der Waals surface area contributed by atoms with Crippen LogP contribution in [0.2, 0.25) is 0 Å². The SMILES string of the molecule is CNc1nc(C2CCCS2)c2c(-c3ccccc3)c(-c3ccccc3)oc2n1. The Bertz CT molecular complexity index is 1100. The quantitative estimate of drug-likeness (QED) is 0.454. The van der Waals surface area contributed by atoms with Gasteiger partial charge < -0.3 is 9.73 Å². The summed E-state index contributed by atoms with van der Waals surface area (Å²) in [6.07, 6.45) is 2.36. The number of rotatable bonds is 4. The van der Waals surface area contributed by atoms with E-state index in [2.05, 4.69) is 46.7 Å². The molecule has 2 aromatic carbocycles. The molecule has 1 unspecified atom stereocenters. The van der Waals surface area contributed by atoms with Crippen molar-refractivity contribution in [2.45, 2.75) is 18.1 Å². The second-order valence-corrected chi connectivity index (χ2v) is 8.21. The lowest BCUT2D eigenvalue weighted by Gasteiger charge is -2.12. The first kappa shape index (κ1) is 17.3. The van der Waals surface area contributed by atoms with E-state index in [0.29, 0.717) is 16.9 Å². The molecular weight excluding hydrogens is 366 g/mol. The van der Waals surface area contributed by atoms with Crippen LogP contribution >= 0.6 is 11.8 Å². The summed E-state index contributed by atoms with van der Waals surface area (Å²) in [6, 6.07) is 20.7. The molecule has 3 heterocycles. The minimum absolute atomic E-state index is 0.376. The van der Waals surface area contributed by atoms with E-state index in [4.69, 9.17) is 9.40 Å². The first-order valence-corrected chi connectivity index (χ1v) is 10.6. The Kier molecular flexibility index (Phi) is 4.53. The number of hydrogen-bond acceptors (Lipinski definition) is 5. The van der Waals surface area contributed by atoms with E-state index in [9.17, 15) is 0 Å². The third-order valence-corrected chi connectivity index (χ3v) is 6.52. The Labute approximate surface area is 168 Å². The average Bonchev–Trinajstić information content (AvgIpc) is 3.42. The zero-order valence-electron chi connectivity index (χ0n) is 15.7. The van der Waals surface area contributed by atoms with Gasteiger partial charge >= 0.3 is 0 Å². The first-order chi connectivity index (χ1) is 13.8. The van der Waals surface area contributed by atoms with Crippen molar-refractivity contribution >= 4 is 28.8 Å². The topological polar surface area (TPSA) is 51.0 Å². The zero-order valence-corrected chi connectivity index (χ0v) is 16.5. The fourth-order valence-electron chi connectivity index (χ4n) is 3.84. The standard InChI is InChI=1S/C23H21N3OS/c1-24-23-25-20(17-13-8-14-28-17)19-18(15-9-4-2-5-10-15)21(27-22(19)26-23)16-11-6-3-7-12-16/h2-7,9-12,17H,8,13-14H2,1H3,(H,24,25,26). The van der Waals surface area contributed by atoms with Gasteiger partial charge in [0.15, 0.2) is 0 Å². The van der Waals surface area contributed by atoms with E-state index < -0.39 is 0 Å². The van der Waals surface area contributed by atoms with Crippen molar-refractivity contribution in [2.24, 2.45) is 0 Å². The van der Waals surface area contributed by atoms with Crippen molar-refractivity contribution in [2.75, 3.05) is 18.1 Å². The fraction of sp³-hybridized carbons (Fsp3) is 0.217. The van der Waals surface area contributed by atoms with Crippen LogP contribution < -0.4 is 5.32 Å². The van der Waals surface area contributed by atoms with Crippen molar-refractivity contribution in [3.05, 3.63) is 66.4 Å². The molecule has 1 saturated heterocycles. The van der Waals surface area contributed by atoms with E-state index >= 15 is 0 Å². The maximum absolute atomic E-state index is 6.38. The van der Waals surface area contributed by atoms with E-state index in [-0.39, 0.29) is 0 Å². The summed E-state index contributed by atoms with van der Waals surface area (Å²) in [5.41, 5.74) is 5.01. The third kappa shape index (κ3) is 2.96. The second-order valence-electron chi connectivity index (χ2n) is 6.90. The van der Waals surface area contributed by atoms with Crippen LogP contribution in [0, 0.1) is 0 Å². The van der Waals surface area contributed by atoms with E-state index in [1.54, 1.807) is 0 Å². The number of nitrogens with zero attached hydrogens (tertiary/aromatic N) is 2. The Balaban J connectivity index is 1.86. The molecule has 2 aromatic heterocycles. The summed E-state index contributed by atoms with van der Waals surface area (Å²) in [6.45, 7) is 0. The van der Waals surface area contributed by atoms with Crippen LogP contribution in [0.15, 0.2) is 65.1 Å². The Morgan fingerprint density at radius 1 is 0.964 bits per heavy atom. The van der Waals surface area contributed by atoms with Gasteiger partial charge in [-0.25, -0.2) is 4.98 Å². The average molecular weight is 388 g/mol. The van der Waals surface area contributed by atoms with Gasteiger partial charge in [-0.3, -0.25) is 0 Å². The highest BCUT2D eigenvalue weighted by Gasteiger charge is 2.28. The molecule has 5 heteroatoms. The molecule has 140 valence electrons. The highest BCUT2D eigenvalue weighted by molar-refractivity contribution is 7.99. The maximum atomic E-state index is 6.38. The monoisotopic (exact) mass is 387 g/mol. The molecule has 4 aromatic rings. The number of aromatic nitrogens is 2. The number of hydrogen-bond donors (Lipinski definition) is 1. The minimum Gasteiger partial charge on any atom is -0.437 e. The molecule has 0 aliphatic carbocycles. The molecule has 0 amide bonds. The van der Waals surface area contributed by atoms with Gasteiger partial charge in [0, 0.05) is 23.4 Å². The summed E-state index contributed by atoms with van der Waals surface area (Å²) in [5.74, 6) is 2.64. The van der Waals surface area contributed by atoms with Crippen LogP contribution in [0.4, 0.5) is 5.95 Å². The summed E-state index contributed by atoms with van der Waals surface area (Å²) in [4.78, 5) is 9.55. The summed E-state index contributed by atoms with van der Waals surface area (Å²) in [5, 5.41) is 4.52. The number of nitrogens with one attached hydrogen (secondary N) is 1. The molecule has 4 nitrogen and oxygen atoms in total. The molecular formula is C23H21N3OS. The predicted molar refractivity (Wildman–Crippen MR) is 117 cm³/mol. The first-order valence-electron chi connectivity index (χ1n) is 9.60. The van der Waals surface area contributed by atoms with Crippen LogP contribution in [0.25, 0.3) is 33.6 Å². The van der Waals surface area contributed by atoms with Crippen molar-refractivity contribution in [3.8, 4) is 22.5 Å². The Hall–Kier alpha value is -2.79. The number of anilines is 1. The maximum Gasteiger partial charge on any atom is 0.232 e. The second kappa shape index (κ2) is 7.32. The molecule has 0 radical (unpaired) electrons. The number of thioether (sulfide) groups is 1. The molecule has 1 aliphatic heterocycles. The van der Waals surface area contributed by atoms with Gasteiger partial charge in [0.25, 0.3) is 0 Å². The summed E-state index contributed by atoms with van der Waals surface area (Å²) < 4.78 is 6.38. The van der Waals surface area contributed by atoms with Gasteiger partial charge in [-0.1, -0.05) is 60.7 Å². The lowest BCUT2D eigenvalue weighted by Crippen LogP contribution is -2.02. The fourth-order valence-corrected chi connectivity index (χ4v) is 5.12. The van der Waals surface area contributed by atoms with E-state index in [1.165, 1.54) is 12.2 Å². The van der Waals surface area contributed by atoms with Gasteiger partial charge in [0.2, 0.25) is 11.7 Å². The molecule has 28 heavy (non-hydrogen) atoms. The Morgan fingerprint density at radius 3 is 2.32 bits per heavy atom. The molecule has 0 spiro atoms. The predicted octanol–water partition coefficient (Wildman–Crippen LogP) is 6.17. The van der Waals surface area contributed by atoms with Crippen LogP contribution in [0.5, 0.6) is 0 Å². The number of fused-ring (bicyclic) bond motifs is 1. The molecule has 0 saturated carbocycles. The molecule has 1 atom stereocenters. The van der Waals surface area contributed by atoms with Crippen LogP contribution in [-0.4, -0.2) is 22.8 Å². The number of furan rings is 1. The van der Waals surface area contributed by atoms with Gasteiger partial charge in [-0.05, 0) is 24.2 Å². The van der Waals surface area contributed by atoms with Crippen LogP contribution in [0.3, 0.4) is 0 Å². The largest absolute Gasteiger partial charge is 0.437 e. The van der Waals surface area contributed by atoms with Crippen LogP contribution in [0.1, 0.15) is 23.8 Å². The smallest absolute Gasteiger partial charge is 0.232 e. The summed E-state index contributed by atoms with van der Waals surface area (Å²) in [7, 11) is 1.85. The van der Waals surface area contributed by atoms with Gasteiger partial charge in [0.05, 0.1) is 11.1 Å². The van der Waals surface area contributed by atoms with Crippen molar-refractivity contribution in [1.82, 2.24) is 9.97 Å². The lowest BCUT2D eigenvalue weighted by molar-refractivity contribution is 0.618. The molecule has 5 rings (SSSR count). The molecule has 1 aliphatic rings. The number of benzene rings is 2. The lowest BCUT2D eigenvalue weighted by atomic mass is 9.97. The van der Waals surface area contributed by atoms with E-state index in [1.807, 2.05) is 43.1 Å². The molecule has 1 fully saturated rings. The van der Waals surface area contributed by atoms with Gasteiger partial charge in [0.1, 0.15) is 5.76 Å². The van der Waals surface area contributed by atoms with E-state index in [0.717, 1.165) is 40.0 Å². The van der Waals surface area contributed by atoms with Gasteiger partial charge in [-0.2, -0.15) is 16.7 Å². The zero-order chi connectivity index (χ0) is 18.9. The van der Waals surface area contributed by atoms with Gasteiger partial charge in [-0.15, -0.1) is 0 Å². The summed E-state index contributed by atoms with van der Waals surface area (Å²) >= 11 is 1.98. The van der Waals surface area contributed by atoms with Crippen molar-refractivity contribution in [3.63, 3.8) is 0 Å².